The molecule has 96 valence electrons. The Morgan fingerprint density at radius 1 is 0.842 bits per heavy atom. The van der Waals surface area contributed by atoms with Crippen molar-refractivity contribution in [2.75, 3.05) is 19.6 Å². The second-order valence-electron chi connectivity index (χ2n) is 5.01. The summed E-state index contributed by atoms with van der Waals surface area (Å²) in [6, 6.07) is 21.5. The van der Waals surface area contributed by atoms with Gasteiger partial charge in [0.25, 0.3) is 0 Å². The quantitative estimate of drug-likeness (QED) is 0.799. The lowest BCUT2D eigenvalue weighted by Gasteiger charge is -2.35. The van der Waals surface area contributed by atoms with Crippen LogP contribution in [0.1, 0.15) is 18.1 Å². The minimum atomic E-state index is 1.11. The maximum Gasteiger partial charge on any atom is 0.0218 e. The number of likely N-dealkylation sites (N-methyl/N-ethyl adjacent to an activating group) is 1. The van der Waals surface area contributed by atoms with Crippen LogP contribution in [0.3, 0.4) is 0 Å². The van der Waals surface area contributed by atoms with Gasteiger partial charge in [-0.15, -0.1) is 0 Å². The molecule has 1 aliphatic heterocycles. The number of hydrogen-bond acceptors (Lipinski definition) is 1. The zero-order chi connectivity index (χ0) is 13.1. The van der Waals surface area contributed by atoms with Gasteiger partial charge in [-0.3, -0.25) is 4.90 Å². The molecule has 19 heavy (non-hydrogen) atoms. The third-order valence-electron chi connectivity index (χ3n) is 3.75. The molecule has 0 spiro atoms. The molecule has 1 aliphatic rings. The first kappa shape index (κ1) is 12.2. The molecule has 0 radical (unpaired) electrons. The number of hydrogen-bond donors (Lipinski definition) is 0. The number of likely N-dealkylation sites (tertiary alicyclic amines) is 1. The van der Waals surface area contributed by atoms with Crippen LogP contribution in [0.5, 0.6) is 0 Å². The van der Waals surface area contributed by atoms with E-state index in [1.165, 1.54) is 16.7 Å². The standard InChI is InChI=1S/C18H19N/c1-2-19-13-17(14-19)18(15-9-5-3-6-10-15)16-11-7-4-8-12-16/h3-12H,2,13-14H2,1H3. The first-order chi connectivity index (χ1) is 9.38. The molecule has 1 heteroatoms. The van der Waals surface area contributed by atoms with E-state index >= 15 is 0 Å². The highest BCUT2D eigenvalue weighted by Crippen LogP contribution is 2.31. The molecule has 2 aromatic rings. The third-order valence-corrected chi connectivity index (χ3v) is 3.75. The highest BCUT2D eigenvalue weighted by atomic mass is 15.2. The van der Waals surface area contributed by atoms with Crippen molar-refractivity contribution in [3.63, 3.8) is 0 Å². The predicted molar refractivity (Wildman–Crippen MR) is 81.0 cm³/mol. The summed E-state index contributed by atoms with van der Waals surface area (Å²) in [5, 5.41) is 0. The van der Waals surface area contributed by atoms with Gasteiger partial charge in [-0.2, -0.15) is 0 Å². The molecule has 0 N–H and O–H groups in total. The van der Waals surface area contributed by atoms with Crippen molar-refractivity contribution in [2.24, 2.45) is 0 Å². The van der Waals surface area contributed by atoms with Crippen LogP contribution in [0.25, 0.3) is 5.57 Å². The topological polar surface area (TPSA) is 3.24 Å². The van der Waals surface area contributed by atoms with Crippen molar-refractivity contribution >= 4 is 5.57 Å². The Balaban J connectivity index is 2.03. The van der Waals surface area contributed by atoms with Gasteiger partial charge in [0.05, 0.1) is 0 Å². The summed E-state index contributed by atoms with van der Waals surface area (Å²) in [4.78, 5) is 2.46. The Morgan fingerprint density at radius 2 is 1.32 bits per heavy atom. The molecule has 3 rings (SSSR count). The zero-order valence-corrected chi connectivity index (χ0v) is 11.3. The lowest BCUT2D eigenvalue weighted by Crippen LogP contribution is -2.40. The van der Waals surface area contributed by atoms with Gasteiger partial charge in [-0.25, -0.2) is 0 Å². The molecule has 0 amide bonds. The van der Waals surface area contributed by atoms with Gasteiger partial charge in [-0.1, -0.05) is 67.6 Å². The Hall–Kier alpha value is -1.86. The van der Waals surface area contributed by atoms with Gasteiger partial charge in [0.2, 0.25) is 0 Å². The van der Waals surface area contributed by atoms with E-state index in [2.05, 4.69) is 72.5 Å². The fourth-order valence-corrected chi connectivity index (χ4v) is 2.66. The molecule has 0 aliphatic carbocycles. The van der Waals surface area contributed by atoms with Crippen molar-refractivity contribution in [1.29, 1.82) is 0 Å². The number of benzene rings is 2. The molecular weight excluding hydrogens is 230 g/mol. The average molecular weight is 249 g/mol. The Kier molecular flexibility index (Phi) is 3.47. The first-order valence-electron chi connectivity index (χ1n) is 6.93. The van der Waals surface area contributed by atoms with Gasteiger partial charge in [0, 0.05) is 13.1 Å². The molecule has 0 bridgehead atoms. The van der Waals surface area contributed by atoms with Crippen molar-refractivity contribution in [2.45, 2.75) is 6.92 Å². The molecule has 1 heterocycles. The first-order valence-corrected chi connectivity index (χ1v) is 6.93. The van der Waals surface area contributed by atoms with E-state index in [4.69, 9.17) is 0 Å². The monoisotopic (exact) mass is 249 g/mol. The normalized spacial score (nSPS) is 15.1. The largest absolute Gasteiger partial charge is 0.296 e. The molecular formula is C18H19N. The molecule has 0 unspecified atom stereocenters. The van der Waals surface area contributed by atoms with E-state index in [-0.39, 0.29) is 0 Å². The number of rotatable bonds is 3. The van der Waals surface area contributed by atoms with Crippen molar-refractivity contribution in [3.8, 4) is 0 Å². The van der Waals surface area contributed by atoms with Gasteiger partial charge in [0.1, 0.15) is 0 Å². The van der Waals surface area contributed by atoms with Gasteiger partial charge >= 0.3 is 0 Å². The van der Waals surface area contributed by atoms with E-state index in [1.54, 1.807) is 5.57 Å². The molecule has 0 aromatic heterocycles. The molecule has 2 aromatic carbocycles. The minimum Gasteiger partial charge on any atom is -0.296 e. The molecule has 0 saturated carbocycles. The summed E-state index contributed by atoms with van der Waals surface area (Å²) in [6.07, 6.45) is 0. The van der Waals surface area contributed by atoms with Crippen LogP contribution >= 0.6 is 0 Å². The second-order valence-corrected chi connectivity index (χ2v) is 5.01. The molecule has 1 nitrogen and oxygen atoms in total. The van der Waals surface area contributed by atoms with Crippen molar-refractivity contribution in [1.82, 2.24) is 4.90 Å². The predicted octanol–water partition coefficient (Wildman–Crippen LogP) is 3.82. The van der Waals surface area contributed by atoms with Crippen LogP contribution in [-0.4, -0.2) is 24.5 Å². The maximum atomic E-state index is 2.46. The summed E-state index contributed by atoms with van der Waals surface area (Å²) in [7, 11) is 0. The van der Waals surface area contributed by atoms with Crippen LogP contribution in [-0.2, 0) is 0 Å². The van der Waals surface area contributed by atoms with E-state index in [1.807, 2.05) is 0 Å². The van der Waals surface area contributed by atoms with Crippen molar-refractivity contribution in [3.05, 3.63) is 77.4 Å². The second kappa shape index (κ2) is 5.41. The van der Waals surface area contributed by atoms with Crippen molar-refractivity contribution < 1.29 is 0 Å². The summed E-state index contributed by atoms with van der Waals surface area (Å²) in [6.45, 7) is 5.58. The van der Waals surface area contributed by atoms with E-state index < -0.39 is 0 Å². The fraction of sp³-hybridized carbons (Fsp3) is 0.222. The lowest BCUT2D eigenvalue weighted by molar-refractivity contribution is 0.265. The van der Waals surface area contributed by atoms with E-state index in [9.17, 15) is 0 Å². The SMILES string of the molecule is CCN1CC(=C(c2ccccc2)c2ccccc2)C1. The van der Waals surface area contributed by atoms with Crippen LogP contribution in [0.15, 0.2) is 66.2 Å². The highest BCUT2D eigenvalue weighted by Gasteiger charge is 2.23. The Labute approximate surface area is 115 Å². The third kappa shape index (κ3) is 2.47. The van der Waals surface area contributed by atoms with Crippen LogP contribution < -0.4 is 0 Å². The average Bonchev–Trinajstić information content (AvgIpc) is 2.44. The smallest absolute Gasteiger partial charge is 0.0218 e. The highest BCUT2D eigenvalue weighted by molar-refractivity contribution is 5.83. The van der Waals surface area contributed by atoms with Gasteiger partial charge in [-0.05, 0) is 28.8 Å². The van der Waals surface area contributed by atoms with Crippen LogP contribution in [0, 0.1) is 0 Å². The molecule has 1 fully saturated rings. The van der Waals surface area contributed by atoms with Crippen LogP contribution in [0.2, 0.25) is 0 Å². The maximum absolute atomic E-state index is 2.46. The Bertz CT molecular complexity index is 520. The summed E-state index contributed by atoms with van der Waals surface area (Å²) in [5.74, 6) is 0. The summed E-state index contributed by atoms with van der Waals surface area (Å²) < 4.78 is 0. The minimum absolute atomic E-state index is 1.11. The van der Waals surface area contributed by atoms with Crippen LogP contribution in [0.4, 0.5) is 0 Å². The molecule has 0 atom stereocenters. The fourth-order valence-electron chi connectivity index (χ4n) is 2.66. The van der Waals surface area contributed by atoms with E-state index in [0.717, 1.165) is 19.6 Å². The number of nitrogens with zero attached hydrogens (tertiary/aromatic N) is 1. The molecule has 1 saturated heterocycles. The Morgan fingerprint density at radius 3 is 1.74 bits per heavy atom. The van der Waals surface area contributed by atoms with E-state index in [0.29, 0.717) is 0 Å². The summed E-state index contributed by atoms with van der Waals surface area (Å²) >= 11 is 0. The zero-order valence-electron chi connectivity index (χ0n) is 11.3. The van der Waals surface area contributed by atoms with Gasteiger partial charge < -0.3 is 0 Å². The summed E-state index contributed by atoms with van der Waals surface area (Å²) in [5.41, 5.74) is 5.64. The van der Waals surface area contributed by atoms with Gasteiger partial charge in [0.15, 0.2) is 0 Å². The lowest BCUT2D eigenvalue weighted by atomic mass is 9.89.